The van der Waals surface area contributed by atoms with Gasteiger partial charge in [-0.15, -0.1) is 0 Å². The summed E-state index contributed by atoms with van der Waals surface area (Å²) in [5.74, 6) is 0.333. The van der Waals surface area contributed by atoms with Crippen LogP contribution in [0.25, 0.3) is 10.9 Å². The van der Waals surface area contributed by atoms with E-state index in [-0.39, 0.29) is 5.97 Å². The van der Waals surface area contributed by atoms with Crippen molar-refractivity contribution in [3.8, 4) is 5.75 Å². The quantitative estimate of drug-likeness (QED) is 0.668. The summed E-state index contributed by atoms with van der Waals surface area (Å²) in [5, 5.41) is 0.996. The number of benzene rings is 2. The Balaban J connectivity index is 2.00. The van der Waals surface area contributed by atoms with Crippen molar-refractivity contribution < 1.29 is 14.3 Å². The summed E-state index contributed by atoms with van der Waals surface area (Å²) in [6, 6.07) is 15.6. The van der Waals surface area contributed by atoms with Crippen LogP contribution in [0, 0.1) is 0 Å². The fourth-order valence-electron chi connectivity index (χ4n) is 2.63. The molecule has 118 valence electrons. The Morgan fingerprint density at radius 3 is 2.61 bits per heavy atom. The van der Waals surface area contributed by atoms with Crippen molar-refractivity contribution in [3.63, 3.8) is 0 Å². The van der Waals surface area contributed by atoms with Gasteiger partial charge in [0.1, 0.15) is 12.4 Å². The van der Waals surface area contributed by atoms with Gasteiger partial charge >= 0.3 is 5.97 Å². The molecule has 0 amide bonds. The van der Waals surface area contributed by atoms with Gasteiger partial charge in [-0.2, -0.15) is 0 Å². The number of aryl methyl sites for hydroxylation is 1. The number of methoxy groups -OCH3 is 1. The molecule has 0 aliphatic rings. The van der Waals surface area contributed by atoms with Crippen LogP contribution in [0.1, 0.15) is 22.8 Å². The van der Waals surface area contributed by atoms with Gasteiger partial charge in [0.25, 0.3) is 0 Å². The van der Waals surface area contributed by atoms with Crippen LogP contribution < -0.4 is 4.74 Å². The number of fused-ring (bicyclic) bond motifs is 1. The highest BCUT2D eigenvalue weighted by molar-refractivity contribution is 5.97. The van der Waals surface area contributed by atoms with E-state index in [2.05, 4.69) is 11.5 Å². The first-order chi connectivity index (χ1) is 11.2. The molecule has 0 aliphatic carbocycles. The molecule has 0 saturated heterocycles. The number of nitrogens with zero attached hydrogens (tertiary/aromatic N) is 1. The first-order valence-electron chi connectivity index (χ1n) is 7.61. The zero-order chi connectivity index (χ0) is 16.2. The smallest absolute Gasteiger partial charge is 0.338 e. The lowest BCUT2D eigenvalue weighted by Gasteiger charge is -2.11. The van der Waals surface area contributed by atoms with E-state index in [4.69, 9.17) is 9.47 Å². The maximum Gasteiger partial charge on any atom is 0.338 e. The summed E-state index contributed by atoms with van der Waals surface area (Å²) in [6.07, 6.45) is 2.00. The van der Waals surface area contributed by atoms with E-state index in [1.54, 1.807) is 6.07 Å². The molecule has 23 heavy (non-hydrogen) atoms. The van der Waals surface area contributed by atoms with E-state index in [0.29, 0.717) is 17.9 Å². The van der Waals surface area contributed by atoms with Crippen LogP contribution in [0.5, 0.6) is 5.75 Å². The fourth-order valence-corrected chi connectivity index (χ4v) is 2.63. The van der Waals surface area contributed by atoms with Gasteiger partial charge in [-0.3, -0.25) is 0 Å². The first-order valence-corrected chi connectivity index (χ1v) is 7.61. The van der Waals surface area contributed by atoms with Crippen LogP contribution in [0.3, 0.4) is 0 Å². The average Bonchev–Trinajstić information content (AvgIpc) is 3.03. The van der Waals surface area contributed by atoms with Crippen molar-refractivity contribution in [1.82, 2.24) is 4.57 Å². The number of aromatic nitrogens is 1. The fraction of sp³-hybridized carbons (Fsp3) is 0.211. The zero-order valence-electron chi connectivity index (χ0n) is 13.3. The third kappa shape index (κ3) is 3.06. The number of hydrogen-bond donors (Lipinski definition) is 0. The number of carbonyl (C=O) groups excluding carboxylic acids is 1. The van der Waals surface area contributed by atoms with E-state index in [9.17, 15) is 4.79 Å². The van der Waals surface area contributed by atoms with Crippen LogP contribution in [-0.4, -0.2) is 17.6 Å². The molecule has 0 radical (unpaired) electrons. The zero-order valence-corrected chi connectivity index (χ0v) is 13.3. The lowest BCUT2D eigenvalue weighted by Crippen LogP contribution is -2.04. The first kappa shape index (κ1) is 15.2. The van der Waals surface area contributed by atoms with Gasteiger partial charge in [0.15, 0.2) is 0 Å². The maximum atomic E-state index is 11.9. The van der Waals surface area contributed by atoms with Crippen molar-refractivity contribution in [3.05, 3.63) is 65.9 Å². The number of rotatable bonds is 5. The van der Waals surface area contributed by atoms with Crippen molar-refractivity contribution in [2.45, 2.75) is 20.1 Å². The second kappa shape index (κ2) is 6.57. The third-order valence-electron chi connectivity index (χ3n) is 3.85. The number of hydrogen-bond acceptors (Lipinski definition) is 3. The Morgan fingerprint density at radius 1 is 1.13 bits per heavy atom. The Kier molecular flexibility index (Phi) is 4.33. The average molecular weight is 309 g/mol. The van der Waals surface area contributed by atoms with Gasteiger partial charge in [0.2, 0.25) is 0 Å². The Hall–Kier alpha value is -2.75. The topological polar surface area (TPSA) is 40.5 Å². The normalized spacial score (nSPS) is 10.7. The van der Waals surface area contributed by atoms with Gasteiger partial charge in [-0.1, -0.05) is 30.3 Å². The molecule has 3 aromatic rings. The summed E-state index contributed by atoms with van der Waals surface area (Å²) in [6.45, 7) is 3.35. The molecule has 0 fully saturated rings. The van der Waals surface area contributed by atoms with E-state index in [1.807, 2.05) is 48.7 Å². The van der Waals surface area contributed by atoms with E-state index in [1.165, 1.54) is 7.11 Å². The van der Waals surface area contributed by atoms with Crippen molar-refractivity contribution in [1.29, 1.82) is 0 Å². The number of carbonyl (C=O) groups is 1. The molecule has 1 aromatic heterocycles. The molecule has 0 aliphatic heterocycles. The lowest BCUT2D eigenvalue weighted by molar-refractivity contribution is 0.0600. The van der Waals surface area contributed by atoms with Gasteiger partial charge < -0.3 is 14.0 Å². The van der Waals surface area contributed by atoms with Crippen LogP contribution >= 0.6 is 0 Å². The van der Waals surface area contributed by atoms with E-state index in [0.717, 1.165) is 23.0 Å². The van der Waals surface area contributed by atoms with Gasteiger partial charge in [-0.05, 0) is 30.7 Å². The molecular weight excluding hydrogens is 290 g/mol. The summed E-state index contributed by atoms with van der Waals surface area (Å²) in [4.78, 5) is 11.9. The Labute approximate surface area is 135 Å². The second-order valence-corrected chi connectivity index (χ2v) is 5.27. The van der Waals surface area contributed by atoms with Crippen molar-refractivity contribution in [2.75, 3.05) is 7.11 Å². The minimum Gasteiger partial charge on any atom is -0.488 e. The van der Waals surface area contributed by atoms with E-state index >= 15 is 0 Å². The molecular formula is C19H19NO3. The molecule has 0 unspecified atom stereocenters. The number of esters is 1. The van der Waals surface area contributed by atoms with Crippen LogP contribution in [-0.2, 0) is 17.9 Å². The lowest BCUT2D eigenvalue weighted by atomic mass is 10.1. The van der Waals surface area contributed by atoms with Gasteiger partial charge in [-0.25, -0.2) is 4.79 Å². The molecule has 0 N–H and O–H groups in total. The third-order valence-corrected chi connectivity index (χ3v) is 3.85. The van der Waals surface area contributed by atoms with Gasteiger partial charge in [0, 0.05) is 18.1 Å². The molecule has 2 aromatic carbocycles. The second-order valence-electron chi connectivity index (χ2n) is 5.27. The minimum absolute atomic E-state index is 0.361. The van der Waals surface area contributed by atoms with Crippen LogP contribution in [0.4, 0.5) is 0 Å². The van der Waals surface area contributed by atoms with Gasteiger partial charge in [0.05, 0.1) is 18.2 Å². The molecule has 0 spiro atoms. The standard InChI is InChI=1S/C19H19NO3/c1-3-20-10-9-16-17(20)11-15(19(21)22-2)12-18(16)23-13-14-7-5-4-6-8-14/h4-12H,3,13H2,1-2H3. The molecule has 4 nitrogen and oxygen atoms in total. The van der Waals surface area contributed by atoms with E-state index < -0.39 is 0 Å². The number of ether oxygens (including phenoxy) is 2. The highest BCUT2D eigenvalue weighted by Crippen LogP contribution is 2.30. The summed E-state index contributed by atoms with van der Waals surface area (Å²) >= 11 is 0. The summed E-state index contributed by atoms with van der Waals surface area (Å²) in [7, 11) is 1.38. The monoisotopic (exact) mass is 309 g/mol. The van der Waals surface area contributed by atoms with Crippen molar-refractivity contribution in [2.24, 2.45) is 0 Å². The molecule has 4 heteroatoms. The SMILES string of the molecule is CCn1ccc2c(OCc3ccccc3)cc(C(=O)OC)cc21. The summed E-state index contributed by atoms with van der Waals surface area (Å²) < 4.78 is 12.9. The molecule has 0 bridgehead atoms. The minimum atomic E-state index is -0.361. The molecule has 3 rings (SSSR count). The maximum absolute atomic E-state index is 11.9. The van der Waals surface area contributed by atoms with Crippen molar-refractivity contribution >= 4 is 16.9 Å². The highest BCUT2D eigenvalue weighted by atomic mass is 16.5. The van der Waals surface area contributed by atoms with Crippen LogP contribution in [0.15, 0.2) is 54.7 Å². The highest BCUT2D eigenvalue weighted by Gasteiger charge is 2.14. The summed E-state index contributed by atoms with van der Waals surface area (Å²) in [5.41, 5.74) is 2.55. The Morgan fingerprint density at radius 2 is 1.91 bits per heavy atom. The molecule has 0 saturated carbocycles. The molecule has 0 atom stereocenters. The predicted octanol–water partition coefficient (Wildman–Crippen LogP) is 4.03. The largest absolute Gasteiger partial charge is 0.488 e. The Bertz CT molecular complexity index is 821. The van der Waals surface area contributed by atoms with Crippen LogP contribution in [0.2, 0.25) is 0 Å². The molecule has 1 heterocycles. The predicted molar refractivity (Wildman–Crippen MR) is 89.7 cm³/mol.